The lowest BCUT2D eigenvalue weighted by Gasteiger charge is -2.28. The van der Waals surface area contributed by atoms with Crippen LogP contribution in [0.3, 0.4) is 0 Å². The summed E-state index contributed by atoms with van der Waals surface area (Å²) in [6, 6.07) is 1.86. The maximum Gasteiger partial charge on any atom is 0.332 e. The molecule has 2 aromatic rings. The molecule has 1 saturated heterocycles. The molecule has 1 atom stereocenters. The summed E-state index contributed by atoms with van der Waals surface area (Å²) < 4.78 is 4.36. The standard InChI is InChI=1S/C17H23N7O2/c1-11(2)9-23-10-19-20-14(23)13-6-5-7-24(13)15-12(8-18)16(25)22(4)17(26)21(15)3/h10-11,13H,5-7,9H2,1-4H3. The van der Waals surface area contributed by atoms with Crippen LogP contribution in [0.15, 0.2) is 15.9 Å². The van der Waals surface area contributed by atoms with Crippen molar-refractivity contribution in [3.63, 3.8) is 0 Å². The van der Waals surface area contributed by atoms with Crippen molar-refractivity contribution in [2.45, 2.75) is 39.3 Å². The Labute approximate surface area is 151 Å². The van der Waals surface area contributed by atoms with Gasteiger partial charge in [0.05, 0.1) is 6.04 Å². The third-order valence-corrected chi connectivity index (χ3v) is 4.78. The van der Waals surface area contributed by atoms with Crippen LogP contribution in [0.4, 0.5) is 5.82 Å². The fourth-order valence-corrected chi connectivity index (χ4v) is 3.61. The summed E-state index contributed by atoms with van der Waals surface area (Å²) in [6.07, 6.45) is 3.42. The predicted molar refractivity (Wildman–Crippen MR) is 95.8 cm³/mol. The van der Waals surface area contributed by atoms with E-state index in [4.69, 9.17) is 0 Å². The van der Waals surface area contributed by atoms with Crippen molar-refractivity contribution in [1.29, 1.82) is 5.26 Å². The number of nitriles is 1. The molecule has 0 N–H and O–H groups in total. The van der Waals surface area contributed by atoms with Gasteiger partial charge in [0.15, 0.2) is 11.4 Å². The number of rotatable bonds is 4. The molecular formula is C17H23N7O2. The van der Waals surface area contributed by atoms with Crippen molar-refractivity contribution in [2.75, 3.05) is 11.4 Å². The molecule has 1 aliphatic rings. The van der Waals surface area contributed by atoms with E-state index in [9.17, 15) is 14.9 Å². The summed E-state index contributed by atoms with van der Waals surface area (Å²) in [5.74, 6) is 1.60. The average Bonchev–Trinajstić information content (AvgIpc) is 3.24. The van der Waals surface area contributed by atoms with Crippen LogP contribution in [0.2, 0.25) is 0 Å². The average molecular weight is 357 g/mol. The van der Waals surface area contributed by atoms with E-state index in [1.807, 2.05) is 15.5 Å². The van der Waals surface area contributed by atoms with Crippen LogP contribution in [0.5, 0.6) is 0 Å². The minimum Gasteiger partial charge on any atom is -0.346 e. The van der Waals surface area contributed by atoms with Gasteiger partial charge in [-0.1, -0.05) is 13.8 Å². The molecule has 0 saturated carbocycles. The van der Waals surface area contributed by atoms with Gasteiger partial charge in [-0.2, -0.15) is 5.26 Å². The second-order valence-corrected chi connectivity index (χ2v) is 7.10. The summed E-state index contributed by atoms with van der Waals surface area (Å²) in [5, 5.41) is 17.9. The molecule has 0 radical (unpaired) electrons. The molecule has 9 heteroatoms. The second kappa shape index (κ2) is 6.78. The zero-order valence-corrected chi connectivity index (χ0v) is 15.5. The molecule has 0 bridgehead atoms. The van der Waals surface area contributed by atoms with E-state index < -0.39 is 11.2 Å². The van der Waals surface area contributed by atoms with E-state index in [0.29, 0.717) is 18.3 Å². The van der Waals surface area contributed by atoms with Gasteiger partial charge in [-0.25, -0.2) is 4.79 Å². The normalized spacial score (nSPS) is 17.1. The van der Waals surface area contributed by atoms with Crippen LogP contribution in [-0.2, 0) is 20.6 Å². The van der Waals surface area contributed by atoms with E-state index in [0.717, 1.165) is 29.8 Å². The lowest BCUT2D eigenvalue weighted by molar-refractivity contribution is 0.485. The van der Waals surface area contributed by atoms with Gasteiger partial charge in [0.2, 0.25) is 0 Å². The van der Waals surface area contributed by atoms with E-state index in [1.165, 1.54) is 11.6 Å². The molecule has 3 heterocycles. The molecule has 0 aromatic carbocycles. The molecule has 1 fully saturated rings. The summed E-state index contributed by atoms with van der Waals surface area (Å²) in [7, 11) is 2.97. The molecule has 3 rings (SSSR count). The zero-order chi connectivity index (χ0) is 19.0. The van der Waals surface area contributed by atoms with Gasteiger partial charge in [0.1, 0.15) is 18.2 Å². The van der Waals surface area contributed by atoms with Crippen molar-refractivity contribution in [1.82, 2.24) is 23.9 Å². The fourth-order valence-electron chi connectivity index (χ4n) is 3.61. The molecule has 0 amide bonds. The maximum absolute atomic E-state index is 12.4. The Balaban J connectivity index is 2.14. The highest BCUT2D eigenvalue weighted by Crippen LogP contribution is 2.35. The van der Waals surface area contributed by atoms with Gasteiger partial charge in [-0.15, -0.1) is 10.2 Å². The van der Waals surface area contributed by atoms with Gasteiger partial charge in [0.25, 0.3) is 5.56 Å². The van der Waals surface area contributed by atoms with Gasteiger partial charge in [-0.05, 0) is 18.8 Å². The summed E-state index contributed by atoms with van der Waals surface area (Å²) in [6.45, 7) is 5.67. The first-order valence-corrected chi connectivity index (χ1v) is 8.71. The van der Waals surface area contributed by atoms with Crippen molar-refractivity contribution in [2.24, 2.45) is 20.0 Å². The first-order chi connectivity index (χ1) is 12.4. The van der Waals surface area contributed by atoms with Crippen LogP contribution in [0.25, 0.3) is 0 Å². The quantitative estimate of drug-likeness (QED) is 0.792. The van der Waals surface area contributed by atoms with Crippen LogP contribution >= 0.6 is 0 Å². The van der Waals surface area contributed by atoms with E-state index in [-0.39, 0.29) is 11.6 Å². The smallest absolute Gasteiger partial charge is 0.332 e. The minimum absolute atomic E-state index is 0.0172. The third kappa shape index (κ3) is 2.81. The highest BCUT2D eigenvalue weighted by Gasteiger charge is 2.34. The molecule has 1 unspecified atom stereocenters. The van der Waals surface area contributed by atoms with Gasteiger partial charge in [0, 0.05) is 27.2 Å². The molecule has 1 aliphatic heterocycles. The van der Waals surface area contributed by atoms with Crippen LogP contribution in [0, 0.1) is 17.2 Å². The fraction of sp³-hybridized carbons (Fsp3) is 0.588. The molecular weight excluding hydrogens is 334 g/mol. The lowest BCUT2D eigenvalue weighted by atomic mass is 10.1. The van der Waals surface area contributed by atoms with E-state index in [2.05, 4.69) is 24.0 Å². The Hall–Kier alpha value is -2.89. The summed E-state index contributed by atoms with van der Waals surface area (Å²) >= 11 is 0. The molecule has 2 aromatic heterocycles. The first kappa shape index (κ1) is 17.9. The van der Waals surface area contributed by atoms with Crippen LogP contribution in [-0.4, -0.2) is 30.4 Å². The molecule has 9 nitrogen and oxygen atoms in total. The SMILES string of the molecule is CC(C)Cn1cnnc1C1CCCN1c1c(C#N)c(=O)n(C)c(=O)n1C. The number of hydrogen-bond acceptors (Lipinski definition) is 6. The Bertz CT molecular complexity index is 976. The van der Waals surface area contributed by atoms with Gasteiger partial charge >= 0.3 is 5.69 Å². The van der Waals surface area contributed by atoms with Gasteiger partial charge in [-0.3, -0.25) is 13.9 Å². The highest BCUT2D eigenvalue weighted by atomic mass is 16.2. The van der Waals surface area contributed by atoms with Crippen molar-refractivity contribution < 1.29 is 0 Å². The lowest BCUT2D eigenvalue weighted by Crippen LogP contribution is -2.42. The van der Waals surface area contributed by atoms with E-state index >= 15 is 0 Å². The monoisotopic (exact) mass is 357 g/mol. The Morgan fingerprint density at radius 3 is 2.69 bits per heavy atom. The topological polar surface area (TPSA) is 102 Å². The molecule has 26 heavy (non-hydrogen) atoms. The Morgan fingerprint density at radius 2 is 2.04 bits per heavy atom. The molecule has 0 aliphatic carbocycles. The van der Waals surface area contributed by atoms with E-state index in [1.54, 1.807) is 13.4 Å². The zero-order valence-electron chi connectivity index (χ0n) is 15.5. The largest absolute Gasteiger partial charge is 0.346 e. The van der Waals surface area contributed by atoms with Crippen molar-refractivity contribution in [3.05, 3.63) is 38.6 Å². The van der Waals surface area contributed by atoms with Crippen molar-refractivity contribution in [3.8, 4) is 6.07 Å². The Kier molecular flexibility index (Phi) is 4.68. The van der Waals surface area contributed by atoms with Crippen LogP contribution in [0.1, 0.15) is 44.1 Å². The molecule has 138 valence electrons. The summed E-state index contributed by atoms with van der Waals surface area (Å²) in [5.41, 5.74) is -1.03. The number of hydrogen-bond donors (Lipinski definition) is 0. The predicted octanol–water partition coefficient (Wildman–Crippen LogP) is 0.545. The summed E-state index contributed by atoms with van der Waals surface area (Å²) in [4.78, 5) is 26.8. The first-order valence-electron chi connectivity index (χ1n) is 8.71. The maximum atomic E-state index is 12.4. The van der Waals surface area contributed by atoms with Gasteiger partial charge < -0.3 is 9.47 Å². The molecule has 0 spiro atoms. The highest BCUT2D eigenvalue weighted by molar-refractivity contribution is 5.55. The minimum atomic E-state index is -0.570. The number of anilines is 1. The van der Waals surface area contributed by atoms with Crippen LogP contribution < -0.4 is 16.1 Å². The third-order valence-electron chi connectivity index (χ3n) is 4.78. The number of nitrogens with zero attached hydrogens (tertiary/aromatic N) is 7. The second-order valence-electron chi connectivity index (χ2n) is 7.10. The number of aromatic nitrogens is 5. The van der Waals surface area contributed by atoms with Crippen molar-refractivity contribution >= 4 is 5.82 Å². The Morgan fingerprint density at radius 1 is 1.31 bits per heavy atom.